The second kappa shape index (κ2) is 7.67. The molecule has 1 N–H and O–H groups in total. The van der Waals surface area contributed by atoms with Crippen LogP contribution in [0.3, 0.4) is 0 Å². The van der Waals surface area contributed by atoms with E-state index in [4.69, 9.17) is 0 Å². The molecule has 112 valence electrons. The molecule has 0 saturated carbocycles. The lowest BCUT2D eigenvalue weighted by Crippen LogP contribution is -2.39. The molecule has 0 aliphatic heterocycles. The van der Waals surface area contributed by atoms with Crippen LogP contribution in [0.4, 0.5) is 11.6 Å². The maximum atomic E-state index is 12.2. The van der Waals surface area contributed by atoms with Gasteiger partial charge in [0, 0.05) is 32.7 Å². The summed E-state index contributed by atoms with van der Waals surface area (Å²) in [6.45, 7) is 7.83. The Morgan fingerprint density at radius 2 is 1.90 bits per heavy atom. The van der Waals surface area contributed by atoms with Gasteiger partial charge in [0.1, 0.15) is 18.0 Å². The molecule has 0 radical (unpaired) electrons. The van der Waals surface area contributed by atoms with Gasteiger partial charge in [-0.15, -0.1) is 0 Å². The Kier molecular flexibility index (Phi) is 6.21. The number of carbonyl (C=O) groups excluding carboxylic acids is 1. The number of hydrogen-bond donors (Lipinski definition) is 1. The molecule has 0 saturated heterocycles. The van der Waals surface area contributed by atoms with E-state index in [0.29, 0.717) is 6.54 Å². The smallest absolute Gasteiger partial charge is 0.242 e. The first kappa shape index (κ1) is 16.2. The van der Waals surface area contributed by atoms with E-state index in [0.717, 1.165) is 36.7 Å². The number of rotatable bonds is 7. The van der Waals surface area contributed by atoms with Crippen molar-refractivity contribution in [2.24, 2.45) is 0 Å². The molecule has 1 amide bonds. The summed E-state index contributed by atoms with van der Waals surface area (Å²) in [7, 11) is 3.73. The number of aromatic nitrogens is 2. The van der Waals surface area contributed by atoms with Crippen molar-refractivity contribution >= 4 is 17.5 Å². The van der Waals surface area contributed by atoms with Crippen LogP contribution >= 0.6 is 0 Å². The zero-order chi connectivity index (χ0) is 15.1. The summed E-state index contributed by atoms with van der Waals surface area (Å²) in [5.41, 5.74) is 1.03. The maximum Gasteiger partial charge on any atom is 0.242 e. The molecule has 0 aromatic carbocycles. The molecule has 1 rings (SSSR count). The number of anilines is 2. The molecule has 20 heavy (non-hydrogen) atoms. The number of amides is 1. The lowest BCUT2D eigenvalue weighted by molar-refractivity contribution is -0.129. The zero-order valence-electron chi connectivity index (χ0n) is 13.1. The van der Waals surface area contributed by atoms with Crippen LogP contribution in [0.2, 0.25) is 0 Å². The fraction of sp³-hybridized carbons (Fsp3) is 0.643. The third kappa shape index (κ3) is 3.59. The largest absolute Gasteiger partial charge is 0.373 e. The van der Waals surface area contributed by atoms with E-state index < -0.39 is 0 Å². The molecule has 1 aromatic heterocycles. The molecule has 0 bridgehead atoms. The van der Waals surface area contributed by atoms with Crippen molar-refractivity contribution in [3.63, 3.8) is 0 Å². The Labute approximate surface area is 121 Å². The fourth-order valence-electron chi connectivity index (χ4n) is 2.23. The summed E-state index contributed by atoms with van der Waals surface area (Å²) in [6.07, 6.45) is 2.34. The van der Waals surface area contributed by atoms with Crippen molar-refractivity contribution in [1.82, 2.24) is 14.9 Å². The first-order chi connectivity index (χ1) is 9.58. The van der Waals surface area contributed by atoms with E-state index in [1.165, 1.54) is 6.33 Å². The van der Waals surface area contributed by atoms with E-state index in [1.54, 1.807) is 0 Å². The second-order valence-corrected chi connectivity index (χ2v) is 4.55. The SMILES string of the molecule is CCc1c(NC)ncnc1N(C)CC(=O)N(CC)CC. The zero-order valence-corrected chi connectivity index (χ0v) is 13.1. The van der Waals surface area contributed by atoms with Crippen LogP contribution in [0, 0.1) is 0 Å². The minimum atomic E-state index is 0.115. The molecule has 0 spiro atoms. The van der Waals surface area contributed by atoms with E-state index in [1.807, 2.05) is 37.7 Å². The average molecular weight is 279 g/mol. The average Bonchev–Trinajstić information content (AvgIpc) is 2.47. The quantitative estimate of drug-likeness (QED) is 0.817. The molecule has 0 aliphatic carbocycles. The van der Waals surface area contributed by atoms with E-state index >= 15 is 0 Å². The van der Waals surface area contributed by atoms with E-state index in [2.05, 4.69) is 22.2 Å². The first-order valence-electron chi connectivity index (χ1n) is 7.09. The third-order valence-corrected chi connectivity index (χ3v) is 3.36. The van der Waals surface area contributed by atoms with Crippen LogP contribution in [0.25, 0.3) is 0 Å². The van der Waals surface area contributed by atoms with E-state index in [-0.39, 0.29) is 5.91 Å². The third-order valence-electron chi connectivity index (χ3n) is 3.36. The Hall–Kier alpha value is -1.85. The summed E-state index contributed by atoms with van der Waals surface area (Å²) < 4.78 is 0. The molecule has 0 fully saturated rings. The van der Waals surface area contributed by atoms with Crippen LogP contribution in [0.15, 0.2) is 6.33 Å². The molecule has 1 heterocycles. The Balaban J connectivity index is 2.92. The van der Waals surface area contributed by atoms with Gasteiger partial charge in [0.15, 0.2) is 0 Å². The van der Waals surface area contributed by atoms with E-state index in [9.17, 15) is 4.79 Å². The second-order valence-electron chi connectivity index (χ2n) is 4.55. The van der Waals surface area contributed by atoms with Gasteiger partial charge in [0.25, 0.3) is 0 Å². The molecule has 6 heteroatoms. The molecule has 0 unspecified atom stereocenters. The van der Waals surface area contributed by atoms with Crippen molar-refractivity contribution in [2.45, 2.75) is 27.2 Å². The highest BCUT2D eigenvalue weighted by atomic mass is 16.2. The minimum absolute atomic E-state index is 0.115. The Morgan fingerprint density at radius 3 is 2.40 bits per heavy atom. The topological polar surface area (TPSA) is 61.4 Å². The van der Waals surface area contributed by atoms with Crippen molar-refractivity contribution in [3.05, 3.63) is 11.9 Å². The van der Waals surface area contributed by atoms with Gasteiger partial charge in [-0.05, 0) is 20.3 Å². The van der Waals surface area contributed by atoms with Gasteiger partial charge < -0.3 is 15.1 Å². The van der Waals surface area contributed by atoms with Gasteiger partial charge in [-0.1, -0.05) is 6.92 Å². The van der Waals surface area contributed by atoms with Crippen LogP contribution in [-0.2, 0) is 11.2 Å². The predicted molar refractivity (Wildman–Crippen MR) is 82.2 cm³/mol. The number of nitrogens with one attached hydrogen (secondary N) is 1. The number of likely N-dealkylation sites (N-methyl/N-ethyl adjacent to an activating group) is 2. The Bertz CT molecular complexity index is 445. The Morgan fingerprint density at radius 1 is 1.25 bits per heavy atom. The van der Waals surface area contributed by atoms with Crippen molar-refractivity contribution < 1.29 is 4.79 Å². The lowest BCUT2D eigenvalue weighted by Gasteiger charge is -2.25. The first-order valence-corrected chi connectivity index (χ1v) is 7.09. The highest BCUT2D eigenvalue weighted by Crippen LogP contribution is 2.22. The fourth-order valence-corrected chi connectivity index (χ4v) is 2.23. The van der Waals surface area contributed by atoms with Gasteiger partial charge >= 0.3 is 0 Å². The summed E-state index contributed by atoms with van der Waals surface area (Å²) in [5, 5.41) is 3.07. The number of carbonyl (C=O) groups is 1. The van der Waals surface area contributed by atoms with Crippen molar-refractivity contribution in [2.75, 3.05) is 43.9 Å². The van der Waals surface area contributed by atoms with Gasteiger partial charge in [-0.3, -0.25) is 4.79 Å². The summed E-state index contributed by atoms with van der Waals surface area (Å²) in [4.78, 5) is 24.4. The van der Waals surface area contributed by atoms with Crippen molar-refractivity contribution in [3.8, 4) is 0 Å². The van der Waals surface area contributed by atoms with Crippen molar-refractivity contribution in [1.29, 1.82) is 0 Å². The van der Waals surface area contributed by atoms with Crippen LogP contribution < -0.4 is 10.2 Å². The molecule has 6 nitrogen and oxygen atoms in total. The maximum absolute atomic E-state index is 12.2. The monoisotopic (exact) mass is 279 g/mol. The highest BCUT2D eigenvalue weighted by Gasteiger charge is 2.17. The molecule has 0 aliphatic rings. The normalized spacial score (nSPS) is 10.2. The minimum Gasteiger partial charge on any atom is -0.373 e. The van der Waals surface area contributed by atoms with Crippen LogP contribution in [0.1, 0.15) is 26.3 Å². The summed E-state index contributed by atoms with van der Waals surface area (Å²) >= 11 is 0. The molecular formula is C14H25N5O. The lowest BCUT2D eigenvalue weighted by atomic mass is 10.2. The van der Waals surface area contributed by atoms with Gasteiger partial charge in [0.05, 0.1) is 6.54 Å². The van der Waals surface area contributed by atoms with Gasteiger partial charge in [-0.25, -0.2) is 9.97 Å². The molecule has 1 aromatic rings. The van der Waals surface area contributed by atoms with Gasteiger partial charge in [-0.2, -0.15) is 0 Å². The van der Waals surface area contributed by atoms with Gasteiger partial charge in [0.2, 0.25) is 5.91 Å². The van der Waals surface area contributed by atoms with Crippen LogP contribution in [-0.4, -0.2) is 54.5 Å². The predicted octanol–water partition coefficient (Wildman–Crippen LogP) is 1.39. The summed E-state index contributed by atoms with van der Waals surface area (Å²) in [6, 6.07) is 0. The summed E-state index contributed by atoms with van der Waals surface area (Å²) in [5.74, 6) is 1.75. The van der Waals surface area contributed by atoms with Crippen LogP contribution in [0.5, 0.6) is 0 Å². The molecular weight excluding hydrogens is 254 g/mol. The molecule has 0 atom stereocenters. The number of nitrogens with zero attached hydrogens (tertiary/aromatic N) is 4. The standard InChI is InChI=1S/C14H25N5O/c1-6-11-13(15-4)16-10-17-14(11)18(5)9-12(20)19(7-2)8-3/h10H,6-9H2,1-5H3,(H,15,16,17). The highest BCUT2D eigenvalue weighted by molar-refractivity contribution is 5.81. The number of hydrogen-bond acceptors (Lipinski definition) is 5.